The van der Waals surface area contributed by atoms with Gasteiger partial charge in [-0.1, -0.05) is 29.8 Å². The first-order valence-corrected chi connectivity index (χ1v) is 10.9. The lowest BCUT2D eigenvalue weighted by Gasteiger charge is -2.19. The normalized spacial score (nSPS) is 25.2. The molecule has 7 heteroatoms. The van der Waals surface area contributed by atoms with Crippen LogP contribution in [0.3, 0.4) is 0 Å². The Balaban J connectivity index is 1.30. The molecule has 2 fully saturated rings. The SMILES string of the molecule is COc1cccc(C(=O)COC(=O)c2cccc(N3C(=O)[C@H]4[C@H](C3=O)[C@H]3C[C@H]4C=C3C)c2)c1. The van der Waals surface area contributed by atoms with E-state index in [4.69, 9.17) is 9.47 Å². The highest BCUT2D eigenvalue weighted by atomic mass is 16.5. The van der Waals surface area contributed by atoms with Gasteiger partial charge in [-0.2, -0.15) is 0 Å². The number of ketones is 1. The molecule has 0 N–H and O–H groups in total. The van der Waals surface area contributed by atoms with Crippen LogP contribution in [0, 0.1) is 23.7 Å². The smallest absolute Gasteiger partial charge is 0.338 e. The Hall–Kier alpha value is -3.74. The van der Waals surface area contributed by atoms with Crippen molar-refractivity contribution in [3.8, 4) is 5.75 Å². The number of imide groups is 1. The van der Waals surface area contributed by atoms with E-state index in [1.807, 2.05) is 6.92 Å². The average Bonchev–Trinajstić information content (AvgIpc) is 3.47. The van der Waals surface area contributed by atoms with Gasteiger partial charge in [0.05, 0.1) is 30.2 Å². The summed E-state index contributed by atoms with van der Waals surface area (Å²) in [6.45, 7) is 1.58. The Morgan fingerprint density at radius 3 is 2.52 bits per heavy atom. The number of amides is 2. The first kappa shape index (κ1) is 21.1. The summed E-state index contributed by atoms with van der Waals surface area (Å²) in [4.78, 5) is 52.4. The molecule has 0 aromatic heterocycles. The number of hydrogen-bond donors (Lipinski definition) is 0. The molecule has 0 spiro atoms. The lowest BCUT2D eigenvalue weighted by atomic mass is 9.82. The molecule has 2 amide bonds. The minimum absolute atomic E-state index is 0.109. The van der Waals surface area contributed by atoms with E-state index < -0.39 is 12.6 Å². The van der Waals surface area contributed by atoms with Gasteiger partial charge in [-0.05, 0) is 55.5 Å². The van der Waals surface area contributed by atoms with Gasteiger partial charge in [-0.25, -0.2) is 9.69 Å². The van der Waals surface area contributed by atoms with Crippen molar-refractivity contribution in [2.45, 2.75) is 13.3 Å². The maximum atomic E-state index is 13.1. The molecule has 2 aromatic rings. The van der Waals surface area contributed by atoms with Crippen LogP contribution in [0.4, 0.5) is 5.69 Å². The fraction of sp³-hybridized carbons (Fsp3) is 0.308. The Morgan fingerprint density at radius 1 is 1.00 bits per heavy atom. The van der Waals surface area contributed by atoms with Crippen molar-refractivity contribution in [2.24, 2.45) is 23.7 Å². The molecular weight excluding hydrogens is 422 g/mol. The molecule has 1 saturated carbocycles. The number of hydrogen-bond acceptors (Lipinski definition) is 6. The molecule has 1 saturated heterocycles. The number of esters is 1. The van der Waals surface area contributed by atoms with Gasteiger partial charge in [0.2, 0.25) is 11.8 Å². The number of fused-ring (bicyclic) bond motifs is 5. The minimum atomic E-state index is -0.704. The summed E-state index contributed by atoms with van der Waals surface area (Å²) < 4.78 is 10.3. The second kappa shape index (κ2) is 7.99. The van der Waals surface area contributed by atoms with Crippen LogP contribution in [0.2, 0.25) is 0 Å². The topological polar surface area (TPSA) is 90.0 Å². The molecule has 1 aliphatic heterocycles. The summed E-state index contributed by atoms with van der Waals surface area (Å²) in [5, 5.41) is 0. The Labute approximate surface area is 191 Å². The Kier molecular flexibility index (Phi) is 5.12. The molecule has 2 aromatic carbocycles. The van der Waals surface area contributed by atoms with E-state index in [1.165, 1.54) is 29.7 Å². The summed E-state index contributed by atoms with van der Waals surface area (Å²) in [6.07, 6.45) is 2.98. The first-order chi connectivity index (χ1) is 15.9. The second-order valence-corrected chi connectivity index (χ2v) is 8.76. The molecule has 168 valence electrons. The quantitative estimate of drug-likeness (QED) is 0.293. The zero-order valence-electron chi connectivity index (χ0n) is 18.3. The number of carbonyl (C=O) groups excluding carboxylic acids is 4. The maximum absolute atomic E-state index is 13.1. The molecule has 0 unspecified atom stereocenters. The van der Waals surface area contributed by atoms with Crippen LogP contribution in [0.25, 0.3) is 0 Å². The van der Waals surface area contributed by atoms with Gasteiger partial charge >= 0.3 is 5.97 Å². The molecule has 33 heavy (non-hydrogen) atoms. The summed E-state index contributed by atoms with van der Waals surface area (Å²) in [5.74, 6) is -1.35. The van der Waals surface area contributed by atoms with E-state index in [2.05, 4.69) is 6.08 Å². The third-order valence-electron chi connectivity index (χ3n) is 6.95. The molecule has 2 aliphatic carbocycles. The van der Waals surface area contributed by atoms with Crippen LogP contribution in [-0.4, -0.2) is 37.3 Å². The van der Waals surface area contributed by atoms with Crippen molar-refractivity contribution < 1.29 is 28.7 Å². The van der Waals surface area contributed by atoms with Crippen molar-refractivity contribution in [3.63, 3.8) is 0 Å². The van der Waals surface area contributed by atoms with E-state index >= 15 is 0 Å². The number of anilines is 1. The van der Waals surface area contributed by atoms with Gasteiger partial charge in [-0.3, -0.25) is 14.4 Å². The van der Waals surface area contributed by atoms with E-state index in [0.717, 1.165) is 6.42 Å². The third-order valence-corrected chi connectivity index (χ3v) is 6.95. The number of nitrogens with zero attached hydrogens (tertiary/aromatic N) is 1. The molecule has 7 nitrogen and oxygen atoms in total. The fourth-order valence-electron chi connectivity index (χ4n) is 5.40. The van der Waals surface area contributed by atoms with Crippen molar-refractivity contribution >= 4 is 29.3 Å². The Morgan fingerprint density at radius 2 is 1.73 bits per heavy atom. The number of methoxy groups -OCH3 is 1. The van der Waals surface area contributed by atoms with Crippen LogP contribution in [0.5, 0.6) is 5.75 Å². The summed E-state index contributed by atoms with van der Waals surface area (Å²) >= 11 is 0. The van der Waals surface area contributed by atoms with Crippen LogP contribution in [-0.2, 0) is 14.3 Å². The zero-order chi connectivity index (χ0) is 23.3. The monoisotopic (exact) mass is 445 g/mol. The van der Waals surface area contributed by atoms with E-state index in [1.54, 1.807) is 36.4 Å². The van der Waals surface area contributed by atoms with Gasteiger partial charge in [0, 0.05) is 5.56 Å². The highest BCUT2D eigenvalue weighted by Gasteiger charge is 2.60. The molecule has 2 bridgehead atoms. The van der Waals surface area contributed by atoms with Crippen molar-refractivity contribution in [1.29, 1.82) is 0 Å². The molecule has 5 rings (SSSR count). The van der Waals surface area contributed by atoms with Crippen LogP contribution >= 0.6 is 0 Å². The summed E-state index contributed by atoms with van der Waals surface area (Å²) in [7, 11) is 1.50. The van der Waals surface area contributed by atoms with Gasteiger partial charge < -0.3 is 9.47 Å². The van der Waals surface area contributed by atoms with E-state index in [9.17, 15) is 19.2 Å². The Bertz CT molecular complexity index is 1210. The number of carbonyl (C=O) groups is 4. The average molecular weight is 445 g/mol. The van der Waals surface area contributed by atoms with Crippen molar-refractivity contribution in [1.82, 2.24) is 0 Å². The van der Waals surface area contributed by atoms with Gasteiger partial charge in [0.1, 0.15) is 5.75 Å². The zero-order valence-corrected chi connectivity index (χ0v) is 18.3. The lowest BCUT2D eigenvalue weighted by Crippen LogP contribution is -2.33. The summed E-state index contributed by atoms with van der Waals surface area (Å²) in [5.41, 5.74) is 2.07. The number of rotatable bonds is 6. The standard InChI is InChI=1S/C26H23NO6/c1-14-9-17-12-20(14)23-22(17)24(29)27(25(23)30)18-7-3-6-16(10-18)26(31)33-13-21(28)15-5-4-8-19(11-15)32-2/h3-11,17,20,22-23H,12-13H2,1-2H3/t17-,20+,22-,23-/m1/s1. The number of Topliss-reactive ketones (excluding diaryl/α,β-unsaturated/α-hetero) is 1. The largest absolute Gasteiger partial charge is 0.497 e. The lowest BCUT2D eigenvalue weighted by molar-refractivity contribution is -0.123. The second-order valence-electron chi connectivity index (χ2n) is 8.76. The number of allylic oxidation sites excluding steroid dienone is 2. The van der Waals surface area contributed by atoms with Crippen molar-refractivity contribution in [3.05, 3.63) is 71.3 Å². The number of benzene rings is 2. The highest BCUT2D eigenvalue weighted by molar-refractivity contribution is 6.23. The predicted molar refractivity (Wildman–Crippen MR) is 119 cm³/mol. The maximum Gasteiger partial charge on any atom is 0.338 e. The summed E-state index contributed by atoms with van der Waals surface area (Å²) in [6, 6.07) is 12.8. The van der Waals surface area contributed by atoms with Gasteiger partial charge in [-0.15, -0.1) is 0 Å². The molecule has 1 heterocycles. The molecule has 4 atom stereocenters. The minimum Gasteiger partial charge on any atom is -0.497 e. The van der Waals surface area contributed by atoms with Crippen LogP contribution < -0.4 is 9.64 Å². The fourth-order valence-corrected chi connectivity index (χ4v) is 5.40. The first-order valence-electron chi connectivity index (χ1n) is 10.9. The van der Waals surface area contributed by atoms with Crippen LogP contribution in [0.1, 0.15) is 34.1 Å². The molecule has 3 aliphatic rings. The highest BCUT2D eigenvalue weighted by Crippen LogP contribution is 2.55. The van der Waals surface area contributed by atoms with E-state index in [-0.39, 0.29) is 46.8 Å². The van der Waals surface area contributed by atoms with Gasteiger partial charge in [0.25, 0.3) is 0 Å². The molecule has 0 radical (unpaired) electrons. The van der Waals surface area contributed by atoms with Gasteiger partial charge in [0.15, 0.2) is 12.4 Å². The van der Waals surface area contributed by atoms with Crippen LogP contribution in [0.15, 0.2) is 60.2 Å². The predicted octanol–water partition coefficient (Wildman–Crippen LogP) is 3.44. The number of ether oxygens (including phenoxy) is 2. The van der Waals surface area contributed by atoms with E-state index in [0.29, 0.717) is 17.0 Å². The molecular formula is C26H23NO6. The third kappa shape index (κ3) is 3.44. The van der Waals surface area contributed by atoms with Crippen molar-refractivity contribution in [2.75, 3.05) is 18.6 Å².